The highest BCUT2D eigenvalue weighted by Crippen LogP contribution is 2.25. The van der Waals surface area contributed by atoms with Crippen molar-refractivity contribution in [2.24, 2.45) is 0 Å². The number of halogens is 2. The van der Waals surface area contributed by atoms with E-state index in [1.165, 1.54) is 18.2 Å². The number of hydrogen-bond donors (Lipinski definition) is 1. The highest BCUT2D eigenvalue weighted by atomic mass is 35.5. The van der Waals surface area contributed by atoms with E-state index in [2.05, 4.69) is 4.72 Å². The highest BCUT2D eigenvalue weighted by molar-refractivity contribution is 7.94. The monoisotopic (exact) mass is 441 g/mol. The Bertz CT molecular complexity index is 1070. The summed E-state index contributed by atoms with van der Waals surface area (Å²) in [6.45, 7) is -0.0686. The van der Waals surface area contributed by atoms with Crippen LogP contribution in [0.3, 0.4) is 0 Å². The molecule has 0 aliphatic rings. The fourth-order valence-corrected chi connectivity index (χ4v) is 4.76. The number of rotatable bonds is 6. The predicted molar refractivity (Wildman–Crippen MR) is 107 cm³/mol. The number of carbonyl (C=O) groups excluding carboxylic acids is 1. The molecule has 0 unspecified atom stereocenters. The minimum absolute atomic E-state index is 0.0686. The van der Waals surface area contributed by atoms with Crippen LogP contribution in [0.5, 0.6) is 0 Å². The molecule has 1 aromatic heterocycles. The lowest BCUT2D eigenvalue weighted by Crippen LogP contribution is -2.15. The van der Waals surface area contributed by atoms with Gasteiger partial charge >= 0.3 is 5.97 Å². The Hall–Kier alpha value is -2.06. The third-order valence-corrected chi connectivity index (χ3v) is 6.88. The van der Waals surface area contributed by atoms with Gasteiger partial charge in [-0.1, -0.05) is 47.5 Å². The number of hydrogen-bond acceptors (Lipinski definition) is 5. The smallest absolute Gasteiger partial charge is 0.340 e. The van der Waals surface area contributed by atoms with E-state index in [0.29, 0.717) is 15.6 Å². The molecule has 0 bridgehead atoms. The second-order valence-corrected chi connectivity index (χ2v) is 9.10. The lowest BCUT2D eigenvalue weighted by Gasteiger charge is -2.12. The highest BCUT2D eigenvalue weighted by Gasteiger charge is 2.20. The quantitative estimate of drug-likeness (QED) is 0.532. The number of anilines is 1. The predicted octanol–water partition coefficient (Wildman–Crippen LogP) is 5.21. The van der Waals surface area contributed by atoms with Gasteiger partial charge < -0.3 is 4.74 Å². The first kappa shape index (κ1) is 19.7. The summed E-state index contributed by atoms with van der Waals surface area (Å²) in [5.41, 5.74) is 0.826. The summed E-state index contributed by atoms with van der Waals surface area (Å²) in [7, 11) is -3.78. The van der Waals surface area contributed by atoms with E-state index < -0.39 is 16.0 Å². The Morgan fingerprint density at radius 2 is 1.85 bits per heavy atom. The molecule has 0 saturated carbocycles. The van der Waals surface area contributed by atoms with Crippen LogP contribution in [0.15, 0.2) is 64.2 Å². The van der Waals surface area contributed by atoms with Gasteiger partial charge in [-0.3, -0.25) is 4.72 Å². The fraction of sp³-hybridized carbons (Fsp3) is 0.0556. The maximum absolute atomic E-state index is 12.5. The molecule has 27 heavy (non-hydrogen) atoms. The van der Waals surface area contributed by atoms with E-state index in [1.54, 1.807) is 41.8 Å². The zero-order valence-electron chi connectivity index (χ0n) is 13.7. The SMILES string of the molecule is O=C(OCc1ccc(Cl)cc1Cl)c1ccccc1NS(=O)(=O)c1cccs1. The van der Waals surface area contributed by atoms with Crippen molar-refractivity contribution in [3.05, 3.63) is 81.1 Å². The molecule has 0 spiro atoms. The summed E-state index contributed by atoms with van der Waals surface area (Å²) in [4.78, 5) is 12.5. The Morgan fingerprint density at radius 3 is 2.56 bits per heavy atom. The van der Waals surface area contributed by atoms with Crippen LogP contribution < -0.4 is 4.72 Å². The lowest BCUT2D eigenvalue weighted by molar-refractivity contribution is 0.0474. The average Bonchev–Trinajstić information content (AvgIpc) is 3.16. The molecule has 3 aromatic rings. The van der Waals surface area contributed by atoms with E-state index in [4.69, 9.17) is 27.9 Å². The summed E-state index contributed by atoms with van der Waals surface area (Å²) in [6, 6.07) is 14.2. The summed E-state index contributed by atoms with van der Waals surface area (Å²) >= 11 is 13.0. The van der Waals surface area contributed by atoms with Crippen LogP contribution in [-0.2, 0) is 21.4 Å². The van der Waals surface area contributed by atoms with Crippen molar-refractivity contribution in [3.63, 3.8) is 0 Å². The molecular weight excluding hydrogens is 429 g/mol. The molecule has 1 heterocycles. The third kappa shape index (κ3) is 4.81. The Morgan fingerprint density at radius 1 is 1.07 bits per heavy atom. The van der Waals surface area contributed by atoms with Gasteiger partial charge in [0.15, 0.2) is 0 Å². The van der Waals surface area contributed by atoms with Crippen LogP contribution in [-0.4, -0.2) is 14.4 Å². The van der Waals surface area contributed by atoms with Gasteiger partial charge in [0.2, 0.25) is 0 Å². The van der Waals surface area contributed by atoms with Crippen molar-refractivity contribution in [2.75, 3.05) is 4.72 Å². The minimum Gasteiger partial charge on any atom is -0.457 e. The van der Waals surface area contributed by atoms with Crippen LogP contribution in [0.4, 0.5) is 5.69 Å². The number of nitrogens with one attached hydrogen (secondary N) is 1. The first-order valence-corrected chi connectivity index (χ1v) is 10.7. The average molecular weight is 442 g/mol. The molecule has 5 nitrogen and oxygen atoms in total. The maximum atomic E-state index is 12.5. The zero-order chi connectivity index (χ0) is 19.4. The number of ether oxygens (including phenoxy) is 1. The molecule has 9 heteroatoms. The molecule has 140 valence electrons. The Kier molecular flexibility index (Phi) is 6.06. The van der Waals surface area contributed by atoms with Gasteiger partial charge in [0.25, 0.3) is 10.0 Å². The van der Waals surface area contributed by atoms with Crippen molar-refractivity contribution >= 4 is 56.2 Å². The molecule has 0 fully saturated rings. The molecule has 2 aromatic carbocycles. The molecule has 3 rings (SSSR count). The molecule has 0 amide bonds. The minimum atomic E-state index is -3.78. The van der Waals surface area contributed by atoms with Gasteiger partial charge in [-0.2, -0.15) is 0 Å². The van der Waals surface area contributed by atoms with Gasteiger partial charge in [0.1, 0.15) is 10.8 Å². The van der Waals surface area contributed by atoms with E-state index in [-0.39, 0.29) is 22.1 Å². The fourth-order valence-electron chi connectivity index (χ4n) is 2.22. The van der Waals surface area contributed by atoms with Gasteiger partial charge in [0.05, 0.1) is 11.3 Å². The van der Waals surface area contributed by atoms with Crippen LogP contribution in [0.25, 0.3) is 0 Å². The number of carbonyl (C=O) groups is 1. The second-order valence-electron chi connectivity index (χ2n) is 5.40. The van der Waals surface area contributed by atoms with Crippen molar-refractivity contribution in [1.82, 2.24) is 0 Å². The molecule has 0 saturated heterocycles. The molecule has 0 aliphatic carbocycles. The van der Waals surface area contributed by atoms with Crippen LogP contribution in [0.1, 0.15) is 15.9 Å². The summed E-state index contributed by atoms with van der Waals surface area (Å²) in [5.74, 6) is -0.675. The van der Waals surface area contributed by atoms with Gasteiger partial charge in [-0.05, 0) is 35.7 Å². The van der Waals surface area contributed by atoms with E-state index in [9.17, 15) is 13.2 Å². The number of esters is 1. The number of thiophene rings is 1. The molecule has 0 aliphatic heterocycles. The number of sulfonamides is 1. The third-order valence-electron chi connectivity index (χ3n) is 3.53. The molecular formula is C18H13Cl2NO4S2. The Balaban J connectivity index is 1.78. The lowest BCUT2D eigenvalue weighted by atomic mass is 10.2. The standard InChI is InChI=1S/C18H13Cl2NO4S2/c19-13-8-7-12(15(20)10-13)11-25-18(22)14-4-1-2-5-16(14)21-27(23,24)17-6-3-9-26-17/h1-10,21H,11H2. The van der Waals surface area contributed by atoms with Gasteiger partial charge in [-0.25, -0.2) is 13.2 Å². The summed E-state index contributed by atoms with van der Waals surface area (Å²) < 4.78 is 32.7. The normalized spacial score (nSPS) is 11.2. The molecule has 0 radical (unpaired) electrons. The van der Waals surface area contributed by atoms with Crippen molar-refractivity contribution < 1.29 is 17.9 Å². The van der Waals surface area contributed by atoms with E-state index in [1.807, 2.05) is 0 Å². The maximum Gasteiger partial charge on any atom is 0.340 e. The summed E-state index contributed by atoms with van der Waals surface area (Å²) in [6.07, 6.45) is 0. The van der Waals surface area contributed by atoms with Crippen LogP contribution in [0.2, 0.25) is 10.0 Å². The second kappa shape index (κ2) is 8.31. The number of benzene rings is 2. The number of para-hydroxylation sites is 1. The molecule has 0 atom stereocenters. The molecule has 1 N–H and O–H groups in total. The van der Waals surface area contributed by atoms with Crippen molar-refractivity contribution in [1.29, 1.82) is 0 Å². The first-order valence-electron chi connectivity index (χ1n) is 7.63. The van der Waals surface area contributed by atoms with E-state index in [0.717, 1.165) is 11.3 Å². The summed E-state index contributed by atoms with van der Waals surface area (Å²) in [5, 5.41) is 2.51. The van der Waals surface area contributed by atoms with Gasteiger partial charge in [0, 0.05) is 15.6 Å². The topological polar surface area (TPSA) is 72.5 Å². The first-order chi connectivity index (χ1) is 12.9. The van der Waals surface area contributed by atoms with Crippen LogP contribution in [0, 0.1) is 0 Å². The van der Waals surface area contributed by atoms with Crippen molar-refractivity contribution in [3.8, 4) is 0 Å². The Labute approximate surface area is 170 Å². The zero-order valence-corrected chi connectivity index (χ0v) is 16.8. The largest absolute Gasteiger partial charge is 0.457 e. The van der Waals surface area contributed by atoms with Crippen molar-refractivity contribution in [2.45, 2.75) is 10.8 Å². The van der Waals surface area contributed by atoms with Gasteiger partial charge in [-0.15, -0.1) is 11.3 Å². The van der Waals surface area contributed by atoms with E-state index >= 15 is 0 Å². The van der Waals surface area contributed by atoms with Crippen LogP contribution >= 0.6 is 34.5 Å².